The first-order valence-electron chi connectivity index (χ1n) is 7.94. The molecule has 3 rings (SSSR count). The van der Waals surface area contributed by atoms with E-state index in [2.05, 4.69) is 83.5 Å². The van der Waals surface area contributed by atoms with Crippen molar-refractivity contribution in [2.45, 2.75) is 45.6 Å². The number of hydrogen-bond donors (Lipinski definition) is 0. The summed E-state index contributed by atoms with van der Waals surface area (Å²) in [6, 6.07) is 16.3. The summed E-state index contributed by atoms with van der Waals surface area (Å²) in [5.41, 5.74) is 2.78. The van der Waals surface area contributed by atoms with E-state index in [0.717, 1.165) is 0 Å². The lowest BCUT2D eigenvalue weighted by atomic mass is 10.1. The average molecular weight is 391 g/mol. The van der Waals surface area contributed by atoms with Crippen LogP contribution in [-0.4, -0.2) is 4.57 Å². The van der Waals surface area contributed by atoms with Gasteiger partial charge >= 0.3 is 0 Å². The molecular weight excluding hydrogens is 369 g/mol. The second kappa shape index (κ2) is 6.39. The third kappa shape index (κ3) is 2.70. The lowest BCUT2D eigenvalue weighted by Crippen LogP contribution is -2.08. The fraction of sp³-hybridized carbons (Fsp3) is 0.368. The van der Waals surface area contributed by atoms with Gasteiger partial charge in [-0.2, -0.15) is 0 Å². The molecule has 2 heteroatoms. The van der Waals surface area contributed by atoms with Gasteiger partial charge in [0.05, 0.1) is 0 Å². The first kappa shape index (κ1) is 14.9. The molecule has 0 aliphatic heterocycles. The highest BCUT2D eigenvalue weighted by atomic mass is 127. The Kier molecular flexibility index (Phi) is 4.53. The molecule has 2 aromatic carbocycles. The Balaban J connectivity index is 2.32. The van der Waals surface area contributed by atoms with Crippen LogP contribution in [0.2, 0.25) is 0 Å². The van der Waals surface area contributed by atoms with Crippen LogP contribution in [0.1, 0.15) is 45.6 Å². The van der Waals surface area contributed by atoms with Crippen molar-refractivity contribution < 1.29 is 0 Å². The summed E-state index contributed by atoms with van der Waals surface area (Å²) in [6.07, 6.45) is 4.99. The topological polar surface area (TPSA) is 4.93 Å². The molecule has 0 unspecified atom stereocenters. The molecule has 1 heterocycles. The Bertz CT molecular complexity index is 751. The van der Waals surface area contributed by atoms with E-state index in [1.807, 2.05) is 0 Å². The molecule has 0 fully saturated rings. The van der Waals surface area contributed by atoms with E-state index in [9.17, 15) is 0 Å². The Morgan fingerprint density at radius 1 is 0.905 bits per heavy atom. The second-order valence-corrected chi connectivity index (χ2v) is 7.03. The fourth-order valence-electron chi connectivity index (χ4n) is 3.44. The molecule has 0 bridgehead atoms. The molecule has 0 amide bonds. The van der Waals surface area contributed by atoms with Gasteiger partial charge in [-0.05, 0) is 59.7 Å². The molecule has 0 aliphatic carbocycles. The van der Waals surface area contributed by atoms with Crippen LogP contribution in [0.15, 0.2) is 42.5 Å². The van der Waals surface area contributed by atoms with E-state index in [-0.39, 0.29) is 0 Å². The number of nitrogens with zero attached hydrogens (tertiary/aromatic N) is 1. The van der Waals surface area contributed by atoms with Gasteiger partial charge in [-0.1, -0.05) is 44.9 Å². The first-order chi connectivity index (χ1) is 10.3. The number of hydrogen-bond acceptors (Lipinski definition) is 0. The predicted molar refractivity (Wildman–Crippen MR) is 101 cm³/mol. The van der Waals surface area contributed by atoms with Crippen LogP contribution in [0, 0.1) is 3.57 Å². The molecule has 1 nitrogen and oxygen atoms in total. The van der Waals surface area contributed by atoms with Gasteiger partial charge in [-0.3, -0.25) is 0 Å². The quantitative estimate of drug-likeness (QED) is 0.435. The molecule has 0 spiro atoms. The minimum atomic E-state index is 0.613. The van der Waals surface area contributed by atoms with Crippen molar-refractivity contribution in [2.24, 2.45) is 0 Å². The maximum absolute atomic E-state index is 2.59. The highest BCUT2D eigenvalue weighted by molar-refractivity contribution is 14.1. The second-order valence-electron chi connectivity index (χ2n) is 5.78. The molecule has 21 heavy (non-hydrogen) atoms. The number of halogens is 1. The van der Waals surface area contributed by atoms with Crippen LogP contribution in [-0.2, 0) is 0 Å². The minimum Gasteiger partial charge on any atom is -0.337 e. The molecule has 0 N–H and O–H groups in total. The third-order valence-corrected chi connectivity index (χ3v) is 4.95. The van der Waals surface area contributed by atoms with E-state index >= 15 is 0 Å². The number of para-hydroxylation sites is 1. The van der Waals surface area contributed by atoms with Crippen molar-refractivity contribution in [1.82, 2.24) is 4.57 Å². The highest BCUT2D eigenvalue weighted by Gasteiger charge is 2.17. The molecule has 1 aromatic heterocycles. The zero-order valence-corrected chi connectivity index (χ0v) is 14.9. The summed E-state index contributed by atoms with van der Waals surface area (Å²) in [4.78, 5) is 0. The number of fused-ring (bicyclic) bond motifs is 3. The van der Waals surface area contributed by atoms with Crippen LogP contribution in [0.25, 0.3) is 21.8 Å². The van der Waals surface area contributed by atoms with Gasteiger partial charge in [0.1, 0.15) is 0 Å². The van der Waals surface area contributed by atoms with Crippen LogP contribution in [0.3, 0.4) is 0 Å². The molecule has 0 atom stereocenters. The number of benzene rings is 2. The van der Waals surface area contributed by atoms with Crippen LogP contribution >= 0.6 is 22.6 Å². The van der Waals surface area contributed by atoms with E-state index < -0.39 is 0 Å². The van der Waals surface area contributed by atoms with Gasteiger partial charge in [0.25, 0.3) is 0 Å². The summed E-state index contributed by atoms with van der Waals surface area (Å²) < 4.78 is 3.90. The first-order valence-corrected chi connectivity index (χ1v) is 9.02. The lowest BCUT2D eigenvalue weighted by Gasteiger charge is -2.20. The maximum atomic E-state index is 2.59. The van der Waals surface area contributed by atoms with Crippen molar-refractivity contribution in [3.05, 3.63) is 46.0 Å². The molecule has 3 aromatic rings. The Morgan fingerprint density at radius 3 is 2.29 bits per heavy atom. The minimum absolute atomic E-state index is 0.613. The zero-order valence-electron chi connectivity index (χ0n) is 12.8. The number of aromatic nitrogens is 1. The summed E-state index contributed by atoms with van der Waals surface area (Å²) in [7, 11) is 0. The van der Waals surface area contributed by atoms with Gasteiger partial charge in [-0.15, -0.1) is 0 Å². The Morgan fingerprint density at radius 2 is 1.57 bits per heavy atom. The SMILES string of the molecule is CCCC(CCC)n1c2ccccc2c2cc(I)ccc21. The molecule has 0 radical (unpaired) electrons. The van der Waals surface area contributed by atoms with E-state index in [0.29, 0.717) is 6.04 Å². The summed E-state index contributed by atoms with van der Waals surface area (Å²) in [6.45, 7) is 4.58. The lowest BCUT2D eigenvalue weighted by molar-refractivity contribution is 0.447. The van der Waals surface area contributed by atoms with Crippen molar-refractivity contribution in [3.8, 4) is 0 Å². The normalized spacial score (nSPS) is 11.8. The van der Waals surface area contributed by atoms with E-state index in [4.69, 9.17) is 0 Å². The van der Waals surface area contributed by atoms with E-state index in [1.165, 1.54) is 51.1 Å². The van der Waals surface area contributed by atoms with Gasteiger partial charge in [0, 0.05) is 31.4 Å². The summed E-state index contributed by atoms with van der Waals surface area (Å²) in [5.74, 6) is 0. The highest BCUT2D eigenvalue weighted by Crippen LogP contribution is 2.35. The third-order valence-electron chi connectivity index (χ3n) is 4.28. The van der Waals surface area contributed by atoms with E-state index in [1.54, 1.807) is 0 Å². The smallest absolute Gasteiger partial charge is 0.0494 e. The Hall–Kier alpha value is -1.03. The van der Waals surface area contributed by atoms with Crippen molar-refractivity contribution >= 4 is 44.4 Å². The molecule has 0 saturated carbocycles. The fourth-order valence-corrected chi connectivity index (χ4v) is 3.93. The summed E-state index contributed by atoms with van der Waals surface area (Å²) >= 11 is 2.41. The zero-order chi connectivity index (χ0) is 14.8. The largest absolute Gasteiger partial charge is 0.337 e. The number of rotatable bonds is 5. The molecule has 0 aliphatic rings. The summed E-state index contributed by atoms with van der Waals surface area (Å²) in [5, 5.41) is 2.79. The van der Waals surface area contributed by atoms with Gasteiger partial charge in [-0.25, -0.2) is 0 Å². The monoisotopic (exact) mass is 391 g/mol. The van der Waals surface area contributed by atoms with Gasteiger partial charge in [0.15, 0.2) is 0 Å². The van der Waals surface area contributed by atoms with Gasteiger partial charge < -0.3 is 4.57 Å². The van der Waals surface area contributed by atoms with Crippen molar-refractivity contribution in [1.29, 1.82) is 0 Å². The van der Waals surface area contributed by atoms with Crippen LogP contribution < -0.4 is 0 Å². The maximum Gasteiger partial charge on any atom is 0.0494 e. The molecule has 0 saturated heterocycles. The van der Waals surface area contributed by atoms with Crippen LogP contribution in [0.5, 0.6) is 0 Å². The average Bonchev–Trinajstić information content (AvgIpc) is 2.81. The van der Waals surface area contributed by atoms with Crippen molar-refractivity contribution in [3.63, 3.8) is 0 Å². The molecular formula is C19H22IN. The molecule has 110 valence electrons. The van der Waals surface area contributed by atoms with Crippen molar-refractivity contribution in [2.75, 3.05) is 0 Å². The van der Waals surface area contributed by atoms with Crippen LogP contribution in [0.4, 0.5) is 0 Å². The Labute approximate surface area is 140 Å². The standard InChI is InChI=1S/C19H22IN/c1-3-7-15(8-4-2)21-18-10-6-5-9-16(18)17-13-14(20)11-12-19(17)21/h5-6,9-13,15H,3-4,7-8H2,1-2H3. The van der Waals surface area contributed by atoms with Gasteiger partial charge in [0.2, 0.25) is 0 Å². The predicted octanol–water partition coefficient (Wildman–Crippen LogP) is 6.54.